The summed E-state index contributed by atoms with van der Waals surface area (Å²) in [6.07, 6.45) is 0.857. The van der Waals surface area contributed by atoms with E-state index in [-0.39, 0.29) is 63.4 Å². The van der Waals surface area contributed by atoms with Crippen molar-refractivity contribution < 1.29 is 19.1 Å². The van der Waals surface area contributed by atoms with Gasteiger partial charge in [0.25, 0.3) is 0 Å². The van der Waals surface area contributed by atoms with Crippen LogP contribution in [-0.4, -0.2) is 70.1 Å². The molecule has 11 heteroatoms. The smallest absolute Gasteiger partial charge is 0.305 e. The van der Waals surface area contributed by atoms with Crippen LogP contribution in [0.5, 0.6) is 0 Å². The summed E-state index contributed by atoms with van der Waals surface area (Å²) in [6, 6.07) is 3.36. The summed E-state index contributed by atoms with van der Waals surface area (Å²) in [5, 5.41) is 3.16. The SMILES string of the molecule is CC(C(=O)N1CCOCC1)N1C(=O)C2C3CC(C2C1=O)C1C(c2cccs2)c2sc(=O)[nH]c2SC31. The van der Waals surface area contributed by atoms with E-state index in [1.54, 1.807) is 34.9 Å². The van der Waals surface area contributed by atoms with E-state index in [4.69, 9.17) is 4.74 Å². The van der Waals surface area contributed by atoms with E-state index in [0.29, 0.717) is 26.3 Å². The van der Waals surface area contributed by atoms with E-state index in [0.717, 1.165) is 16.3 Å². The van der Waals surface area contributed by atoms with Crippen LogP contribution >= 0.6 is 34.4 Å². The first-order valence-electron chi connectivity index (χ1n) is 12.1. The standard InChI is InChI=1S/C24H25N3O5S3/c1-10(21(28)26-4-6-32-7-5-26)27-22(29)15-11-9-12(16(15)23(27)30)18-14(11)17(13-3-2-8-33-13)19-20(34-18)25-24(31)35-19/h2-3,8,10-12,14-18H,4-7,9H2,1H3,(H,25,31). The Labute approximate surface area is 214 Å². The number of fused-ring (bicyclic) bond motifs is 9. The lowest BCUT2D eigenvalue weighted by Gasteiger charge is -2.42. The minimum absolute atomic E-state index is 0.0506. The lowest BCUT2D eigenvalue weighted by Crippen LogP contribution is -2.52. The number of aromatic nitrogens is 1. The molecule has 3 amide bonds. The van der Waals surface area contributed by atoms with Crippen molar-refractivity contribution in [2.24, 2.45) is 29.6 Å². The maximum atomic E-state index is 13.8. The van der Waals surface area contributed by atoms with Gasteiger partial charge in [-0.1, -0.05) is 17.4 Å². The number of nitrogens with zero attached hydrogens (tertiary/aromatic N) is 2. The molecule has 8 atom stereocenters. The van der Waals surface area contributed by atoms with Gasteiger partial charge in [0.1, 0.15) is 6.04 Å². The van der Waals surface area contributed by atoms with Crippen LogP contribution in [0.2, 0.25) is 0 Å². The van der Waals surface area contributed by atoms with Gasteiger partial charge in [-0.25, -0.2) is 0 Å². The molecular formula is C24H25N3O5S3. The normalized spacial score (nSPS) is 36.3. The Morgan fingerprint density at radius 1 is 1.14 bits per heavy atom. The number of hydrogen-bond acceptors (Lipinski definition) is 8. The van der Waals surface area contributed by atoms with Crippen molar-refractivity contribution in [2.45, 2.75) is 35.6 Å². The molecule has 0 radical (unpaired) electrons. The number of thioether (sulfide) groups is 1. The fourth-order valence-electron chi connectivity index (χ4n) is 7.37. The predicted octanol–water partition coefficient (Wildman–Crippen LogP) is 2.22. The zero-order valence-corrected chi connectivity index (χ0v) is 21.5. The second-order valence-electron chi connectivity index (χ2n) is 10.1. The molecule has 0 aromatic carbocycles. The van der Waals surface area contributed by atoms with Crippen molar-refractivity contribution in [3.63, 3.8) is 0 Å². The Balaban J connectivity index is 1.23. The zero-order chi connectivity index (χ0) is 24.0. The van der Waals surface area contributed by atoms with Gasteiger partial charge >= 0.3 is 4.87 Å². The summed E-state index contributed by atoms with van der Waals surface area (Å²) in [6.45, 7) is 3.62. The topological polar surface area (TPSA) is 99.8 Å². The summed E-state index contributed by atoms with van der Waals surface area (Å²) in [5.74, 6) is -0.845. The Morgan fingerprint density at radius 3 is 2.60 bits per heavy atom. The fourth-order valence-corrected chi connectivity index (χ4v) is 11.2. The second kappa shape index (κ2) is 8.03. The third kappa shape index (κ3) is 3.07. The van der Waals surface area contributed by atoms with Crippen LogP contribution in [0, 0.1) is 29.6 Å². The van der Waals surface area contributed by atoms with Crippen LogP contribution in [0.15, 0.2) is 27.3 Å². The zero-order valence-electron chi connectivity index (χ0n) is 19.0. The van der Waals surface area contributed by atoms with E-state index in [1.165, 1.54) is 21.1 Å². The van der Waals surface area contributed by atoms with Crippen LogP contribution in [0.25, 0.3) is 0 Å². The molecule has 8 nitrogen and oxygen atoms in total. The molecular weight excluding hydrogens is 506 g/mol. The minimum atomic E-state index is -0.793. The number of likely N-dealkylation sites (tertiary alicyclic amines) is 1. The molecule has 2 bridgehead atoms. The highest BCUT2D eigenvalue weighted by atomic mass is 32.2. The van der Waals surface area contributed by atoms with E-state index >= 15 is 0 Å². The van der Waals surface area contributed by atoms with Gasteiger partial charge in [-0.3, -0.25) is 24.1 Å². The van der Waals surface area contributed by atoms with Gasteiger partial charge in [0, 0.05) is 34.0 Å². The quantitative estimate of drug-likeness (QED) is 0.610. The Kier molecular flexibility index (Phi) is 5.10. The lowest BCUT2D eigenvalue weighted by molar-refractivity contribution is -0.153. The number of nitrogens with one attached hydrogen (secondary N) is 1. The summed E-state index contributed by atoms with van der Waals surface area (Å²) in [4.78, 5) is 61.2. The minimum Gasteiger partial charge on any atom is -0.378 e. The summed E-state index contributed by atoms with van der Waals surface area (Å²) in [5.41, 5.74) is 0. The highest BCUT2D eigenvalue weighted by molar-refractivity contribution is 8.00. The predicted molar refractivity (Wildman–Crippen MR) is 132 cm³/mol. The van der Waals surface area contributed by atoms with Crippen LogP contribution in [0.4, 0.5) is 0 Å². The van der Waals surface area contributed by atoms with Crippen LogP contribution in [-0.2, 0) is 19.1 Å². The maximum Gasteiger partial charge on any atom is 0.305 e. The van der Waals surface area contributed by atoms with Crippen molar-refractivity contribution in [2.75, 3.05) is 26.3 Å². The van der Waals surface area contributed by atoms with Crippen LogP contribution < -0.4 is 4.87 Å². The summed E-state index contributed by atoms with van der Waals surface area (Å²) >= 11 is 4.66. The number of amides is 3. The average molecular weight is 532 g/mol. The second-order valence-corrected chi connectivity index (χ2v) is 13.3. The number of aromatic amines is 1. The molecule has 1 N–H and O–H groups in total. The number of hydrogen-bond donors (Lipinski definition) is 1. The number of thiazole rings is 1. The van der Waals surface area contributed by atoms with E-state index < -0.39 is 6.04 Å². The first-order chi connectivity index (χ1) is 17.0. The number of H-pyrrole nitrogens is 1. The number of rotatable bonds is 3. The third-order valence-electron chi connectivity index (χ3n) is 8.68. The van der Waals surface area contributed by atoms with Crippen LogP contribution in [0.3, 0.4) is 0 Å². The van der Waals surface area contributed by atoms with Gasteiger partial charge in [-0.2, -0.15) is 0 Å². The van der Waals surface area contributed by atoms with Crippen molar-refractivity contribution >= 4 is 52.2 Å². The average Bonchev–Trinajstić information content (AvgIpc) is 3.66. The Hall–Kier alpha value is -1.95. The van der Waals surface area contributed by atoms with Crippen molar-refractivity contribution in [3.8, 4) is 0 Å². The molecule has 2 saturated carbocycles. The molecule has 184 valence electrons. The van der Waals surface area contributed by atoms with Gasteiger partial charge in [-0.15, -0.1) is 23.1 Å². The third-order valence-corrected chi connectivity index (χ3v) is 12.2. The van der Waals surface area contributed by atoms with Gasteiger partial charge in [-0.05, 0) is 42.5 Å². The molecule has 2 saturated heterocycles. The molecule has 2 aromatic heterocycles. The molecule has 5 aliphatic rings. The number of thiophene rings is 1. The van der Waals surface area contributed by atoms with Gasteiger partial charge in [0.05, 0.1) is 30.1 Å². The Bertz CT molecular complexity index is 1270. The number of morpholine rings is 1. The molecule has 0 spiro atoms. The number of imide groups is 1. The largest absolute Gasteiger partial charge is 0.378 e. The molecule has 3 aliphatic heterocycles. The van der Waals surface area contributed by atoms with Gasteiger partial charge in [0.2, 0.25) is 17.7 Å². The Morgan fingerprint density at radius 2 is 1.89 bits per heavy atom. The number of carbonyl (C=O) groups is 3. The molecule has 8 unspecified atom stereocenters. The highest BCUT2D eigenvalue weighted by Crippen LogP contribution is 2.68. The summed E-state index contributed by atoms with van der Waals surface area (Å²) in [7, 11) is 0. The monoisotopic (exact) mass is 531 g/mol. The molecule has 4 fully saturated rings. The maximum absolute atomic E-state index is 13.8. The van der Waals surface area contributed by atoms with E-state index in [2.05, 4.69) is 16.4 Å². The van der Waals surface area contributed by atoms with Crippen LogP contribution in [0.1, 0.15) is 29.0 Å². The van der Waals surface area contributed by atoms with Gasteiger partial charge < -0.3 is 14.6 Å². The summed E-state index contributed by atoms with van der Waals surface area (Å²) < 4.78 is 5.35. The van der Waals surface area contributed by atoms with Crippen molar-refractivity contribution in [1.82, 2.24) is 14.8 Å². The van der Waals surface area contributed by atoms with E-state index in [1.807, 2.05) is 6.07 Å². The molecule has 35 heavy (non-hydrogen) atoms. The van der Waals surface area contributed by atoms with Crippen molar-refractivity contribution in [3.05, 3.63) is 36.9 Å². The number of ether oxygens (including phenoxy) is 1. The first kappa shape index (κ1) is 22.3. The van der Waals surface area contributed by atoms with Gasteiger partial charge in [0.15, 0.2) is 0 Å². The van der Waals surface area contributed by atoms with Crippen molar-refractivity contribution in [1.29, 1.82) is 0 Å². The molecule has 7 rings (SSSR count). The van der Waals surface area contributed by atoms with E-state index in [9.17, 15) is 19.2 Å². The fraction of sp³-hybridized carbons (Fsp3) is 0.583. The molecule has 2 aliphatic carbocycles. The first-order valence-corrected chi connectivity index (χ1v) is 14.7. The lowest BCUT2D eigenvalue weighted by atomic mass is 9.69. The molecule has 5 heterocycles. The molecule has 2 aromatic rings. The number of carbonyl (C=O) groups excluding carboxylic acids is 3. The highest BCUT2D eigenvalue weighted by Gasteiger charge is 2.70.